The molecule has 0 fully saturated rings. The number of ether oxygens (including phenoxy) is 2. The van der Waals surface area contributed by atoms with Crippen LogP contribution in [0.4, 0.5) is 9.59 Å². The van der Waals surface area contributed by atoms with Crippen molar-refractivity contribution in [3.8, 4) is 0 Å². The van der Waals surface area contributed by atoms with E-state index < -0.39 is 29.8 Å². The van der Waals surface area contributed by atoms with E-state index in [4.69, 9.17) is 10.5 Å². The molecule has 1 atom stereocenters. The van der Waals surface area contributed by atoms with Crippen LogP contribution >= 0.6 is 0 Å². The second kappa shape index (κ2) is 6.23. The third kappa shape index (κ3) is 6.72. The van der Waals surface area contributed by atoms with Crippen molar-refractivity contribution in [3.63, 3.8) is 0 Å². The summed E-state index contributed by atoms with van der Waals surface area (Å²) < 4.78 is 9.23. The van der Waals surface area contributed by atoms with E-state index in [1.54, 1.807) is 34.6 Å². The van der Waals surface area contributed by atoms with E-state index in [0.717, 1.165) is 0 Å². The van der Waals surface area contributed by atoms with Crippen LogP contribution in [0.3, 0.4) is 0 Å². The molecule has 0 rings (SSSR count). The number of rotatable bonds is 3. The summed E-state index contributed by atoms with van der Waals surface area (Å²) in [6, 6.07) is -0.993. The van der Waals surface area contributed by atoms with Crippen LogP contribution in [-0.4, -0.2) is 29.8 Å². The Kier molecular flexibility index (Phi) is 5.61. The van der Waals surface area contributed by atoms with Gasteiger partial charge in [-0.1, -0.05) is 13.8 Å². The van der Waals surface area contributed by atoms with Gasteiger partial charge in [0.05, 0.1) is 0 Å². The Hall–Kier alpha value is -1.79. The molecule has 0 aliphatic rings. The zero-order valence-corrected chi connectivity index (χ0v) is 11.3. The minimum Gasteiger partial charge on any atom is -0.444 e. The maximum absolute atomic E-state index is 11.5. The van der Waals surface area contributed by atoms with Crippen LogP contribution in [0.15, 0.2) is 0 Å². The van der Waals surface area contributed by atoms with E-state index >= 15 is 0 Å². The van der Waals surface area contributed by atoms with Gasteiger partial charge in [0.2, 0.25) is 0 Å². The molecular formula is C11H20N2O5. The molecule has 0 aromatic carbocycles. The van der Waals surface area contributed by atoms with Gasteiger partial charge in [-0.05, 0) is 26.7 Å². The number of nitrogens with two attached hydrogens (primary N) is 1. The molecular weight excluding hydrogens is 240 g/mol. The van der Waals surface area contributed by atoms with E-state index in [0.29, 0.717) is 0 Å². The summed E-state index contributed by atoms with van der Waals surface area (Å²) >= 11 is 0. The number of amides is 2. The molecule has 0 aromatic heterocycles. The third-order valence-corrected chi connectivity index (χ3v) is 1.79. The Balaban J connectivity index is 4.59. The summed E-state index contributed by atoms with van der Waals surface area (Å²) in [5, 5.41) is 2.33. The lowest BCUT2D eigenvalue weighted by atomic mass is 10.1. The number of primary amides is 1. The first kappa shape index (κ1) is 16.2. The standard InChI is InChI=1S/C11H20N2O5/c1-6(2)7(8(14)17-9(12)15)13-10(16)18-11(3,4)5/h6-7H,1-5H3,(H2,12,15)(H,13,16)/t7-/m0/s1. The van der Waals surface area contributed by atoms with Gasteiger partial charge in [-0.2, -0.15) is 0 Å². The highest BCUT2D eigenvalue weighted by molar-refractivity contribution is 5.89. The van der Waals surface area contributed by atoms with Gasteiger partial charge in [0, 0.05) is 0 Å². The number of esters is 1. The molecule has 0 radical (unpaired) electrons. The average molecular weight is 260 g/mol. The van der Waals surface area contributed by atoms with Crippen LogP contribution in [0.25, 0.3) is 0 Å². The van der Waals surface area contributed by atoms with Crippen molar-refractivity contribution in [3.05, 3.63) is 0 Å². The number of hydrogen-bond donors (Lipinski definition) is 2. The molecule has 0 unspecified atom stereocenters. The summed E-state index contributed by atoms with van der Waals surface area (Å²) in [7, 11) is 0. The topological polar surface area (TPSA) is 108 Å². The summed E-state index contributed by atoms with van der Waals surface area (Å²) in [4.78, 5) is 33.5. The second-order valence-electron chi connectivity index (χ2n) is 5.11. The summed E-state index contributed by atoms with van der Waals surface area (Å²) in [6.45, 7) is 8.45. The Labute approximate surface area is 106 Å². The lowest BCUT2D eigenvalue weighted by Gasteiger charge is -2.24. The molecule has 3 N–H and O–H groups in total. The first-order valence-electron chi connectivity index (χ1n) is 5.53. The van der Waals surface area contributed by atoms with Crippen molar-refractivity contribution in [1.29, 1.82) is 0 Å². The molecule has 0 spiro atoms. The van der Waals surface area contributed by atoms with Gasteiger partial charge in [0.25, 0.3) is 0 Å². The third-order valence-electron chi connectivity index (χ3n) is 1.79. The van der Waals surface area contributed by atoms with E-state index in [-0.39, 0.29) is 5.92 Å². The summed E-state index contributed by atoms with van der Waals surface area (Å²) in [5.41, 5.74) is 4.06. The first-order chi connectivity index (χ1) is 8.03. The number of nitrogens with one attached hydrogen (secondary N) is 1. The van der Waals surface area contributed by atoms with Crippen LogP contribution in [0.1, 0.15) is 34.6 Å². The minimum atomic E-state index is -1.21. The molecule has 0 saturated carbocycles. The van der Waals surface area contributed by atoms with Crippen molar-refractivity contribution in [1.82, 2.24) is 5.32 Å². The summed E-state index contributed by atoms with van der Waals surface area (Å²) in [5.74, 6) is -1.19. The quantitative estimate of drug-likeness (QED) is 0.584. The van der Waals surface area contributed by atoms with Gasteiger partial charge < -0.3 is 20.5 Å². The van der Waals surface area contributed by atoms with Crippen molar-refractivity contribution in [2.75, 3.05) is 0 Å². The number of alkyl carbamates (subject to hydrolysis) is 1. The molecule has 0 aliphatic carbocycles. The normalized spacial score (nSPS) is 12.8. The molecule has 0 aromatic rings. The smallest absolute Gasteiger partial charge is 0.412 e. The van der Waals surface area contributed by atoms with Gasteiger partial charge in [-0.3, -0.25) is 0 Å². The second-order valence-corrected chi connectivity index (χ2v) is 5.11. The fourth-order valence-electron chi connectivity index (χ4n) is 1.09. The summed E-state index contributed by atoms with van der Waals surface area (Å²) in [6.07, 6.45) is -1.97. The van der Waals surface area contributed by atoms with Gasteiger partial charge in [-0.15, -0.1) is 0 Å². The number of carbonyl (C=O) groups is 3. The Morgan fingerprint density at radius 2 is 1.67 bits per heavy atom. The maximum Gasteiger partial charge on any atom is 0.412 e. The fourth-order valence-corrected chi connectivity index (χ4v) is 1.09. The van der Waals surface area contributed by atoms with Crippen LogP contribution in [0, 0.1) is 5.92 Å². The largest absolute Gasteiger partial charge is 0.444 e. The highest BCUT2D eigenvalue weighted by atomic mass is 16.6. The Morgan fingerprint density at radius 3 is 2.00 bits per heavy atom. The SMILES string of the molecule is CC(C)[C@H](NC(=O)OC(C)(C)C)C(=O)OC(N)=O. The molecule has 7 nitrogen and oxygen atoms in total. The molecule has 0 heterocycles. The lowest BCUT2D eigenvalue weighted by Crippen LogP contribution is -2.48. The Bertz CT molecular complexity index is 333. The maximum atomic E-state index is 11.5. The van der Waals surface area contributed by atoms with Crippen LogP contribution in [0.2, 0.25) is 0 Å². The molecule has 104 valence electrons. The monoisotopic (exact) mass is 260 g/mol. The van der Waals surface area contributed by atoms with E-state index in [1.165, 1.54) is 0 Å². The molecule has 0 saturated heterocycles. The van der Waals surface area contributed by atoms with Crippen LogP contribution in [-0.2, 0) is 14.3 Å². The highest BCUT2D eigenvalue weighted by Gasteiger charge is 2.29. The van der Waals surface area contributed by atoms with Crippen molar-refractivity contribution in [2.24, 2.45) is 11.7 Å². The lowest BCUT2D eigenvalue weighted by molar-refractivity contribution is -0.140. The first-order valence-corrected chi connectivity index (χ1v) is 5.53. The van der Waals surface area contributed by atoms with Crippen molar-refractivity contribution in [2.45, 2.75) is 46.3 Å². The fraction of sp³-hybridized carbons (Fsp3) is 0.727. The molecule has 2 amide bonds. The van der Waals surface area contributed by atoms with Gasteiger partial charge >= 0.3 is 18.2 Å². The zero-order valence-electron chi connectivity index (χ0n) is 11.3. The Morgan fingerprint density at radius 1 is 1.17 bits per heavy atom. The number of carbonyl (C=O) groups excluding carboxylic acids is 3. The highest BCUT2D eigenvalue weighted by Crippen LogP contribution is 2.09. The van der Waals surface area contributed by atoms with Crippen molar-refractivity contribution < 1.29 is 23.9 Å². The van der Waals surface area contributed by atoms with Crippen molar-refractivity contribution >= 4 is 18.2 Å². The van der Waals surface area contributed by atoms with Gasteiger partial charge in [0.15, 0.2) is 0 Å². The number of hydrogen-bond acceptors (Lipinski definition) is 5. The van der Waals surface area contributed by atoms with E-state index in [2.05, 4.69) is 10.1 Å². The predicted octanol–water partition coefficient (Wildman–Crippen LogP) is 1.16. The average Bonchev–Trinajstić information content (AvgIpc) is 2.09. The predicted molar refractivity (Wildman–Crippen MR) is 63.7 cm³/mol. The molecule has 18 heavy (non-hydrogen) atoms. The zero-order chi connectivity index (χ0) is 14.5. The molecule has 7 heteroatoms. The minimum absolute atomic E-state index is 0.274. The van der Waals surface area contributed by atoms with Crippen LogP contribution < -0.4 is 11.1 Å². The van der Waals surface area contributed by atoms with Crippen LogP contribution in [0.5, 0.6) is 0 Å². The van der Waals surface area contributed by atoms with Gasteiger partial charge in [-0.25, -0.2) is 14.4 Å². The molecule has 0 aliphatic heterocycles. The molecule has 0 bridgehead atoms. The van der Waals surface area contributed by atoms with Gasteiger partial charge in [0.1, 0.15) is 11.6 Å². The van der Waals surface area contributed by atoms with E-state index in [1.807, 2.05) is 0 Å². The van der Waals surface area contributed by atoms with E-state index in [9.17, 15) is 14.4 Å².